The predicted octanol–water partition coefficient (Wildman–Crippen LogP) is 5.52. The van der Waals surface area contributed by atoms with E-state index in [-0.39, 0.29) is 17.9 Å². The third-order valence-corrected chi connectivity index (χ3v) is 7.13. The lowest BCUT2D eigenvalue weighted by molar-refractivity contribution is -0.141. The fourth-order valence-electron chi connectivity index (χ4n) is 3.90. The Morgan fingerprint density at radius 1 is 1.12 bits per heavy atom. The van der Waals surface area contributed by atoms with Crippen molar-refractivity contribution in [2.24, 2.45) is 11.8 Å². The molecule has 0 saturated carbocycles. The van der Waals surface area contributed by atoms with Crippen LogP contribution < -0.4 is 0 Å². The average Bonchev–Trinajstić information content (AvgIpc) is 3.06. The maximum absolute atomic E-state index is 12.1. The van der Waals surface area contributed by atoms with E-state index in [4.69, 9.17) is 4.74 Å². The molecule has 2 N–H and O–H groups in total. The number of rotatable bonds is 17. The van der Waals surface area contributed by atoms with E-state index in [1.807, 2.05) is 13.0 Å². The molecule has 0 aromatic rings. The van der Waals surface area contributed by atoms with Gasteiger partial charge in [-0.3, -0.25) is 9.59 Å². The number of carbonyl (C=O) groups excluding carboxylic acids is 2. The first kappa shape index (κ1) is 29.7. The zero-order valence-electron chi connectivity index (χ0n) is 20.9. The van der Waals surface area contributed by atoms with E-state index in [2.05, 4.69) is 18.6 Å². The lowest BCUT2D eigenvalue weighted by Gasteiger charge is -2.17. The quantitative estimate of drug-likeness (QED) is 0.159. The van der Waals surface area contributed by atoms with Crippen molar-refractivity contribution in [1.82, 2.24) is 0 Å². The second-order valence-electron chi connectivity index (χ2n) is 8.98. The van der Waals surface area contributed by atoms with Gasteiger partial charge in [-0.2, -0.15) is 0 Å². The molecule has 190 valence electrons. The van der Waals surface area contributed by atoms with Gasteiger partial charge in [-0.15, -0.1) is 11.8 Å². The van der Waals surface area contributed by atoms with Crippen LogP contribution >= 0.6 is 11.8 Å². The third-order valence-electron chi connectivity index (χ3n) is 5.82. The van der Waals surface area contributed by atoms with E-state index in [9.17, 15) is 19.8 Å². The standard InChI is InChI=1S/C26H44O6S/c1-5-7-12-19(3)17-20(27)14-15-21-22(28)18-23(32-25(30)11-6-2)26(21)33-16-10-8-9-13-24(29)31-4/h14-15,19-22,27-28H,5-13,16-18H2,1-4H3/t19-,20-,21+,22-/m1/s1. The predicted molar refractivity (Wildman–Crippen MR) is 134 cm³/mol. The Hall–Kier alpha value is -1.31. The Labute approximate surface area is 204 Å². The third kappa shape index (κ3) is 12.1. The molecule has 33 heavy (non-hydrogen) atoms. The fraction of sp³-hybridized carbons (Fsp3) is 0.769. The summed E-state index contributed by atoms with van der Waals surface area (Å²) in [5.74, 6) is 1.06. The smallest absolute Gasteiger partial charge is 0.310 e. The molecule has 6 nitrogen and oxygen atoms in total. The molecule has 0 saturated heterocycles. The van der Waals surface area contributed by atoms with E-state index in [1.165, 1.54) is 7.11 Å². The number of unbranched alkanes of at least 4 members (excludes halogenated alkanes) is 3. The number of thioether (sulfide) groups is 1. The highest BCUT2D eigenvalue weighted by molar-refractivity contribution is 8.03. The summed E-state index contributed by atoms with van der Waals surface area (Å²) >= 11 is 1.60. The summed E-state index contributed by atoms with van der Waals surface area (Å²) in [5.41, 5.74) is 0. The van der Waals surface area contributed by atoms with Crippen LogP contribution in [0, 0.1) is 11.8 Å². The molecule has 0 amide bonds. The first-order valence-corrected chi connectivity index (χ1v) is 13.5. The molecule has 0 bridgehead atoms. The van der Waals surface area contributed by atoms with Crippen molar-refractivity contribution in [3.05, 3.63) is 22.8 Å². The number of ether oxygens (including phenoxy) is 2. The van der Waals surface area contributed by atoms with E-state index in [0.717, 1.165) is 49.2 Å². The van der Waals surface area contributed by atoms with Crippen LogP contribution in [-0.2, 0) is 19.1 Å². The maximum Gasteiger partial charge on any atom is 0.310 e. The molecule has 0 heterocycles. The summed E-state index contributed by atoms with van der Waals surface area (Å²) < 4.78 is 10.3. The summed E-state index contributed by atoms with van der Waals surface area (Å²) in [5, 5.41) is 21.1. The molecule has 0 spiro atoms. The monoisotopic (exact) mass is 484 g/mol. The van der Waals surface area contributed by atoms with Crippen molar-refractivity contribution in [3.63, 3.8) is 0 Å². The summed E-state index contributed by atoms with van der Waals surface area (Å²) in [6.07, 6.45) is 10.9. The van der Waals surface area contributed by atoms with Crippen molar-refractivity contribution in [1.29, 1.82) is 0 Å². The SMILES string of the molecule is CCCC[C@@H](C)C[C@H](O)C=C[C@@H]1C(SCCCCCC(=O)OC)=C(OC(=O)CCC)C[C@H]1O. The van der Waals surface area contributed by atoms with Crippen LogP contribution in [-0.4, -0.2) is 47.2 Å². The first-order chi connectivity index (χ1) is 15.8. The van der Waals surface area contributed by atoms with Gasteiger partial charge in [-0.1, -0.05) is 58.6 Å². The van der Waals surface area contributed by atoms with Crippen LogP contribution in [0.3, 0.4) is 0 Å². The van der Waals surface area contributed by atoms with Gasteiger partial charge >= 0.3 is 11.9 Å². The van der Waals surface area contributed by atoms with Gasteiger partial charge in [0.1, 0.15) is 5.76 Å². The van der Waals surface area contributed by atoms with Gasteiger partial charge < -0.3 is 19.7 Å². The number of aliphatic hydroxyl groups is 2. The van der Waals surface area contributed by atoms with Crippen molar-refractivity contribution < 1.29 is 29.3 Å². The van der Waals surface area contributed by atoms with Crippen molar-refractivity contribution in [2.45, 2.75) is 104 Å². The van der Waals surface area contributed by atoms with Crippen LogP contribution in [0.5, 0.6) is 0 Å². The Morgan fingerprint density at radius 2 is 1.88 bits per heavy atom. The topological polar surface area (TPSA) is 93.1 Å². The summed E-state index contributed by atoms with van der Waals surface area (Å²) in [7, 11) is 1.40. The minimum absolute atomic E-state index is 0.192. The summed E-state index contributed by atoms with van der Waals surface area (Å²) in [6, 6.07) is 0. The van der Waals surface area contributed by atoms with Crippen LogP contribution in [0.1, 0.15) is 91.4 Å². The Bertz CT molecular complexity index is 645. The largest absolute Gasteiger partial charge is 0.469 e. The van der Waals surface area contributed by atoms with E-state index < -0.39 is 12.2 Å². The fourth-order valence-corrected chi connectivity index (χ4v) is 5.18. The Morgan fingerprint density at radius 3 is 2.55 bits per heavy atom. The highest BCUT2D eigenvalue weighted by Crippen LogP contribution is 2.41. The Balaban J connectivity index is 2.75. The van der Waals surface area contributed by atoms with Gasteiger partial charge in [0.05, 0.1) is 19.3 Å². The highest BCUT2D eigenvalue weighted by Gasteiger charge is 2.34. The van der Waals surface area contributed by atoms with Crippen LogP contribution in [0.4, 0.5) is 0 Å². The number of methoxy groups -OCH3 is 1. The highest BCUT2D eigenvalue weighted by atomic mass is 32.2. The zero-order valence-corrected chi connectivity index (χ0v) is 21.7. The molecule has 0 unspecified atom stereocenters. The van der Waals surface area contributed by atoms with Crippen molar-refractivity contribution in [3.8, 4) is 0 Å². The van der Waals surface area contributed by atoms with Crippen LogP contribution in [0.25, 0.3) is 0 Å². The molecule has 0 aromatic heterocycles. The number of esters is 2. The molecule has 0 aromatic carbocycles. The zero-order chi connectivity index (χ0) is 24.6. The van der Waals surface area contributed by atoms with Gasteiger partial charge in [0.25, 0.3) is 0 Å². The average molecular weight is 485 g/mol. The van der Waals surface area contributed by atoms with Gasteiger partial charge in [-0.05, 0) is 37.4 Å². The van der Waals surface area contributed by atoms with Crippen LogP contribution in [0.2, 0.25) is 0 Å². The number of hydrogen-bond acceptors (Lipinski definition) is 7. The van der Waals surface area contributed by atoms with Crippen molar-refractivity contribution in [2.75, 3.05) is 12.9 Å². The molecule has 1 aliphatic carbocycles. The number of hydrogen-bond donors (Lipinski definition) is 2. The lowest BCUT2D eigenvalue weighted by atomic mass is 9.96. The molecule has 1 aliphatic rings. The summed E-state index contributed by atoms with van der Waals surface area (Å²) in [6.45, 7) is 6.25. The van der Waals surface area contributed by atoms with Gasteiger partial charge in [0.2, 0.25) is 0 Å². The summed E-state index contributed by atoms with van der Waals surface area (Å²) in [4.78, 5) is 24.2. The van der Waals surface area contributed by atoms with Crippen LogP contribution in [0.15, 0.2) is 22.8 Å². The van der Waals surface area contributed by atoms with Crippen molar-refractivity contribution >= 4 is 23.7 Å². The molecule has 0 aliphatic heterocycles. The van der Waals surface area contributed by atoms with Gasteiger partial charge in [0, 0.05) is 30.1 Å². The number of carbonyl (C=O) groups is 2. The van der Waals surface area contributed by atoms with Gasteiger partial charge in [0.15, 0.2) is 0 Å². The maximum atomic E-state index is 12.1. The molecule has 0 radical (unpaired) electrons. The lowest BCUT2D eigenvalue weighted by Crippen LogP contribution is -2.15. The molecule has 7 heteroatoms. The minimum Gasteiger partial charge on any atom is -0.469 e. The normalized spacial score (nSPS) is 20.3. The Kier molecular flexibility index (Phi) is 15.5. The van der Waals surface area contributed by atoms with E-state index in [1.54, 1.807) is 17.8 Å². The molecule has 0 fully saturated rings. The molecule has 4 atom stereocenters. The molecular weight excluding hydrogens is 440 g/mol. The molecular formula is C26H44O6S. The molecule has 1 rings (SSSR count). The van der Waals surface area contributed by atoms with E-state index >= 15 is 0 Å². The first-order valence-electron chi connectivity index (χ1n) is 12.5. The minimum atomic E-state index is -0.669. The second kappa shape index (κ2) is 17.2. The van der Waals surface area contributed by atoms with E-state index in [0.29, 0.717) is 43.8 Å². The van der Waals surface area contributed by atoms with Gasteiger partial charge in [-0.25, -0.2) is 0 Å². The number of aliphatic hydroxyl groups excluding tert-OH is 2. The second-order valence-corrected chi connectivity index (χ2v) is 10.1.